The van der Waals surface area contributed by atoms with Crippen molar-refractivity contribution in [1.82, 2.24) is 15.6 Å². The summed E-state index contributed by atoms with van der Waals surface area (Å²) in [6.07, 6.45) is 0. The van der Waals surface area contributed by atoms with Crippen LogP contribution in [0, 0.1) is 17.0 Å². The molecule has 8 nitrogen and oxygen atoms in total. The summed E-state index contributed by atoms with van der Waals surface area (Å²) in [5.74, 6) is -1.15. The van der Waals surface area contributed by atoms with Crippen LogP contribution in [0.5, 0.6) is 0 Å². The lowest BCUT2D eigenvalue weighted by molar-refractivity contribution is -0.389. The van der Waals surface area contributed by atoms with Crippen molar-refractivity contribution in [2.75, 3.05) is 0 Å². The SMILES string of the molecule is Cc1cc(C(=O)NC(=O)NC(C)C)cc([N+](=O)[O-])n1. The summed E-state index contributed by atoms with van der Waals surface area (Å²) < 4.78 is 0. The van der Waals surface area contributed by atoms with Crippen molar-refractivity contribution in [2.24, 2.45) is 0 Å². The van der Waals surface area contributed by atoms with Gasteiger partial charge in [-0.25, -0.2) is 4.79 Å². The summed E-state index contributed by atoms with van der Waals surface area (Å²) in [5.41, 5.74) is 0.335. The number of aromatic nitrogens is 1. The normalized spacial score (nSPS) is 10.1. The van der Waals surface area contributed by atoms with Crippen molar-refractivity contribution in [2.45, 2.75) is 26.8 Å². The topological polar surface area (TPSA) is 114 Å². The number of carbonyl (C=O) groups excluding carboxylic acids is 2. The van der Waals surface area contributed by atoms with Crippen molar-refractivity contribution < 1.29 is 14.5 Å². The van der Waals surface area contributed by atoms with Crippen LogP contribution in [-0.4, -0.2) is 27.9 Å². The summed E-state index contributed by atoms with van der Waals surface area (Å²) in [6, 6.07) is 1.61. The smallest absolute Gasteiger partial charge is 0.358 e. The van der Waals surface area contributed by atoms with E-state index in [2.05, 4.69) is 15.6 Å². The maximum Gasteiger partial charge on any atom is 0.364 e. The largest absolute Gasteiger partial charge is 0.364 e. The molecule has 0 radical (unpaired) electrons. The van der Waals surface area contributed by atoms with E-state index in [9.17, 15) is 19.7 Å². The van der Waals surface area contributed by atoms with Crippen molar-refractivity contribution in [3.05, 3.63) is 33.5 Å². The fraction of sp³-hybridized carbons (Fsp3) is 0.364. The maximum atomic E-state index is 11.7. The second-order valence-electron chi connectivity index (χ2n) is 4.19. The number of nitrogens with one attached hydrogen (secondary N) is 2. The van der Waals surface area contributed by atoms with Crippen LogP contribution in [0.2, 0.25) is 0 Å². The Hall–Kier alpha value is -2.51. The first-order chi connectivity index (χ1) is 8.79. The van der Waals surface area contributed by atoms with Gasteiger partial charge in [-0.1, -0.05) is 0 Å². The van der Waals surface area contributed by atoms with E-state index in [-0.39, 0.29) is 11.6 Å². The third kappa shape index (κ3) is 4.34. The Morgan fingerprint density at radius 1 is 1.37 bits per heavy atom. The molecule has 102 valence electrons. The van der Waals surface area contributed by atoms with Gasteiger partial charge in [-0.2, -0.15) is 0 Å². The molecule has 0 fully saturated rings. The van der Waals surface area contributed by atoms with E-state index in [4.69, 9.17) is 0 Å². The number of urea groups is 1. The van der Waals surface area contributed by atoms with Crippen LogP contribution in [-0.2, 0) is 0 Å². The molecular formula is C11H14N4O4. The van der Waals surface area contributed by atoms with Gasteiger partial charge in [0.15, 0.2) is 5.69 Å². The van der Waals surface area contributed by atoms with Gasteiger partial charge in [-0.3, -0.25) is 10.1 Å². The number of amides is 3. The van der Waals surface area contributed by atoms with Crippen LogP contribution in [0.4, 0.5) is 10.6 Å². The second-order valence-corrected chi connectivity index (χ2v) is 4.19. The number of nitro groups is 1. The summed E-state index contributed by atoms with van der Waals surface area (Å²) in [7, 11) is 0. The Bertz CT molecular complexity index is 527. The predicted molar refractivity (Wildman–Crippen MR) is 66.8 cm³/mol. The molecule has 1 aromatic rings. The van der Waals surface area contributed by atoms with E-state index in [1.807, 2.05) is 0 Å². The number of rotatable bonds is 3. The molecule has 0 bridgehead atoms. The number of pyridine rings is 1. The highest BCUT2D eigenvalue weighted by Crippen LogP contribution is 2.12. The van der Waals surface area contributed by atoms with E-state index in [1.165, 1.54) is 13.0 Å². The highest BCUT2D eigenvalue weighted by molar-refractivity contribution is 6.04. The molecular weight excluding hydrogens is 252 g/mol. The maximum absolute atomic E-state index is 11.7. The third-order valence-corrected chi connectivity index (χ3v) is 2.04. The molecule has 0 spiro atoms. The summed E-state index contributed by atoms with van der Waals surface area (Å²) in [4.78, 5) is 36.7. The second kappa shape index (κ2) is 5.89. The van der Waals surface area contributed by atoms with Crippen LogP contribution in [0.1, 0.15) is 29.9 Å². The fourth-order valence-electron chi connectivity index (χ4n) is 1.35. The molecule has 0 atom stereocenters. The van der Waals surface area contributed by atoms with Gasteiger partial charge in [0.05, 0.1) is 5.56 Å². The zero-order chi connectivity index (χ0) is 14.6. The van der Waals surface area contributed by atoms with Gasteiger partial charge >= 0.3 is 11.8 Å². The Morgan fingerprint density at radius 3 is 2.53 bits per heavy atom. The minimum absolute atomic E-state index is 0.0121. The molecule has 1 heterocycles. The van der Waals surface area contributed by atoms with Crippen LogP contribution in [0.15, 0.2) is 12.1 Å². The number of nitrogens with zero attached hydrogens (tertiary/aromatic N) is 2. The summed E-state index contributed by atoms with van der Waals surface area (Å²) in [5, 5.41) is 15.2. The number of hydrogen-bond donors (Lipinski definition) is 2. The van der Waals surface area contributed by atoms with Crippen LogP contribution in [0.25, 0.3) is 0 Å². The summed E-state index contributed by atoms with van der Waals surface area (Å²) in [6.45, 7) is 5.01. The van der Waals surface area contributed by atoms with Crippen molar-refractivity contribution >= 4 is 17.8 Å². The molecule has 0 aliphatic heterocycles. The van der Waals surface area contributed by atoms with Gasteiger partial charge in [-0.15, -0.1) is 0 Å². The zero-order valence-electron chi connectivity index (χ0n) is 10.8. The van der Waals surface area contributed by atoms with E-state index < -0.39 is 22.7 Å². The average Bonchev–Trinajstić information content (AvgIpc) is 2.26. The first kappa shape index (κ1) is 14.6. The van der Waals surface area contributed by atoms with E-state index in [1.54, 1.807) is 13.8 Å². The van der Waals surface area contributed by atoms with E-state index >= 15 is 0 Å². The zero-order valence-corrected chi connectivity index (χ0v) is 10.8. The Labute approximate surface area is 109 Å². The molecule has 1 rings (SSSR count). The minimum Gasteiger partial charge on any atom is -0.358 e. The Kier molecular flexibility index (Phi) is 4.51. The van der Waals surface area contributed by atoms with Gasteiger partial charge < -0.3 is 15.4 Å². The molecule has 19 heavy (non-hydrogen) atoms. The monoisotopic (exact) mass is 266 g/mol. The summed E-state index contributed by atoms with van der Waals surface area (Å²) >= 11 is 0. The highest BCUT2D eigenvalue weighted by atomic mass is 16.6. The molecule has 0 aromatic carbocycles. The first-order valence-electron chi connectivity index (χ1n) is 5.54. The van der Waals surface area contributed by atoms with Gasteiger partial charge in [0.1, 0.15) is 0 Å². The Balaban J connectivity index is 2.88. The highest BCUT2D eigenvalue weighted by Gasteiger charge is 2.17. The molecule has 1 aromatic heterocycles. The predicted octanol–water partition coefficient (Wildman–Crippen LogP) is 1.15. The van der Waals surface area contributed by atoms with E-state index in [0.29, 0.717) is 5.69 Å². The van der Waals surface area contributed by atoms with Gasteiger partial charge in [0, 0.05) is 19.0 Å². The number of hydrogen-bond acceptors (Lipinski definition) is 5. The van der Waals surface area contributed by atoms with E-state index in [0.717, 1.165) is 6.07 Å². The molecule has 8 heteroatoms. The molecule has 0 aliphatic carbocycles. The third-order valence-electron chi connectivity index (χ3n) is 2.04. The van der Waals surface area contributed by atoms with Crippen molar-refractivity contribution in [3.8, 4) is 0 Å². The molecule has 0 saturated carbocycles. The lowest BCUT2D eigenvalue weighted by Gasteiger charge is -2.09. The lowest BCUT2D eigenvalue weighted by Crippen LogP contribution is -2.42. The molecule has 3 amide bonds. The molecule has 0 saturated heterocycles. The molecule has 2 N–H and O–H groups in total. The van der Waals surface area contributed by atoms with Gasteiger partial charge in [0.25, 0.3) is 5.91 Å². The Morgan fingerprint density at radius 2 is 2.00 bits per heavy atom. The fourth-order valence-corrected chi connectivity index (χ4v) is 1.35. The van der Waals surface area contributed by atoms with Gasteiger partial charge in [0.2, 0.25) is 0 Å². The van der Waals surface area contributed by atoms with Crippen LogP contribution in [0.3, 0.4) is 0 Å². The van der Waals surface area contributed by atoms with Crippen molar-refractivity contribution in [1.29, 1.82) is 0 Å². The number of imide groups is 1. The standard InChI is InChI=1S/C11H14N4O4/c1-6(2)12-11(17)14-10(16)8-4-7(3)13-9(5-8)15(18)19/h4-6H,1-3H3,(H2,12,14,16,17). The lowest BCUT2D eigenvalue weighted by atomic mass is 10.2. The quantitative estimate of drug-likeness (QED) is 0.629. The van der Waals surface area contributed by atoms with Crippen molar-refractivity contribution in [3.63, 3.8) is 0 Å². The van der Waals surface area contributed by atoms with Crippen LogP contribution < -0.4 is 10.6 Å². The van der Waals surface area contributed by atoms with Gasteiger partial charge in [-0.05, 0) is 29.8 Å². The average molecular weight is 266 g/mol. The first-order valence-corrected chi connectivity index (χ1v) is 5.54. The number of aryl methyl sites for hydroxylation is 1. The minimum atomic E-state index is -0.716. The van der Waals surface area contributed by atoms with Crippen LogP contribution >= 0.6 is 0 Å². The number of carbonyl (C=O) groups is 2. The molecule has 0 unspecified atom stereocenters. The molecule has 0 aliphatic rings.